The fourth-order valence-electron chi connectivity index (χ4n) is 3.80. The zero-order chi connectivity index (χ0) is 29.3. The highest BCUT2D eigenvalue weighted by atomic mass is 127. The molecule has 1 fully saturated rings. The van der Waals surface area contributed by atoms with Crippen molar-refractivity contribution < 1.29 is 33.7 Å². The van der Waals surface area contributed by atoms with E-state index in [2.05, 4.69) is 5.32 Å². The van der Waals surface area contributed by atoms with Gasteiger partial charge in [0, 0.05) is 6.07 Å². The fourth-order valence-corrected chi connectivity index (χ4v) is 4.54. The highest BCUT2D eigenvalue weighted by Gasteiger charge is 2.37. The smallest absolute Gasteiger partial charge is 0.335 e. The Morgan fingerprint density at radius 3 is 2.27 bits per heavy atom. The van der Waals surface area contributed by atoms with Crippen LogP contribution in [0.1, 0.15) is 16.7 Å². The molecule has 0 unspecified atom stereocenters. The second-order valence-corrected chi connectivity index (χ2v) is 9.69. The van der Waals surface area contributed by atoms with Crippen LogP contribution in [0, 0.1) is 37.6 Å². The van der Waals surface area contributed by atoms with Crippen LogP contribution in [-0.4, -0.2) is 34.8 Å². The number of hydrogen-bond acceptors (Lipinski definition) is 9. The lowest BCUT2D eigenvalue weighted by atomic mass is 10.0. The number of amides is 4. The lowest BCUT2D eigenvalue weighted by Gasteiger charge is -2.27. The normalized spacial score (nSPS) is 14.2. The van der Waals surface area contributed by atoms with Gasteiger partial charge in [0.05, 0.1) is 32.3 Å². The van der Waals surface area contributed by atoms with Gasteiger partial charge in [0.25, 0.3) is 17.5 Å². The molecule has 14 heteroatoms. The van der Waals surface area contributed by atoms with Gasteiger partial charge >= 0.3 is 11.7 Å². The molecule has 1 N–H and O–H groups in total. The monoisotopic (exact) mass is 658 g/mol. The molecule has 1 heterocycles. The minimum atomic E-state index is -0.883. The molecular formula is C26H19IN4O9. The number of imide groups is 2. The largest absolute Gasteiger partial charge is 0.493 e. The van der Waals surface area contributed by atoms with E-state index in [9.17, 15) is 34.6 Å². The predicted molar refractivity (Wildman–Crippen MR) is 150 cm³/mol. The zero-order valence-electron chi connectivity index (χ0n) is 21.1. The number of methoxy groups -OCH3 is 1. The van der Waals surface area contributed by atoms with Crippen LogP contribution < -0.4 is 19.7 Å². The third kappa shape index (κ3) is 5.47. The average molecular weight is 658 g/mol. The predicted octanol–water partition coefficient (Wildman–Crippen LogP) is 5.19. The number of nitro benzene ring substituents is 2. The molecule has 0 spiro atoms. The minimum absolute atomic E-state index is 0.0635. The molecule has 4 amide bonds. The van der Waals surface area contributed by atoms with Crippen LogP contribution in [0.4, 0.5) is 21.9 Å². The summed E-state index contributed by atoms with van der Waals surface area (Å²) in [4.78, 5) is 60.3. The molecule has 40 heavy (non-hydrogen) atoms. The van der Waals surface area contributed by atoms with E-state index < -0.39 is 39.1 Å². The van der Waals surface area contributed by atoms with Gasteiger partial charge in [-0.1, -0.05) is 6.07 Å². The van der Waals surface area contributed by atoms with Gasteiger partial charge in [-0.3, -0.25) is 35.1 Å². The summed E-state index contributed by atoms with van der Waals surface area (Å²) in [7, 11) is 1.32. The van der Waals surface area contributed by atoms with E-state index in [1.165, 1.54) is 25.3 Å². The van der Waals surface area contributed by atoms with Crippen LogP contribution in [-0.2, 0) is 9.59 Å². The SMILES string of the molecule is COc1cc(/C=C2/C(=O)NC(=O)N(c3ccc(C)c(C)c3)C2=O)cc(I)c1Oc1ccc([N+](=O)[O-])cc1[N+](=O)[O-]. The number of rotatable bonds is 7. The number of hydrogen-bond donors (Lipinski definition) is 1. The van der Waals surface area contributed by atoms with Gasteiger partial charge in [-0.15, -0.1) is 0 Å². The van der Waals surface area contributed by atoms with Crippen molar-refractivity contribution in [1.82, 2.24) is 5.32 Å². The molecule has 204 valence electrons. The lowest BCUT2D eigenvalue weighted by molar-refractivity contribution is -0.394. The van der Waals surface area contributed by atoms with Gasteiger partial charge in [-0.25, -0.2) is 9.69 Å². The van der Waals surface area contributed by atoms with Crippen molar-refractivity contribution in [3.8, 4) is 17.2 Å². The second-order valence-electron chi connectivity index (χ2n) is 8.53. The summed E-state index contributed by atoms with van der Waals surface area (Å²) in [6, 6.07) is 10.0. The number of benzene rings is 3. The Morgan fingerprint density at radius 1 is 0.925 bits per heavy atom. The Bertz CT molecular complexity index is 1650. The first-order chi connectivity index (χ1) is 18.9. The topological polar surface area (TPSA) is 171 Å². The van der Waals surface area contributed by atoms with E-state index in [1.807, 2.05) is 36.4 Å². The average Bonchev–Trinajstić information content (AvgIpc) is 2.89. The third-order valence-electron chi connectivity index (χ3n) is 5.98. The zero-order valence-corrected chi connectivity index (χ0v) is 23.2. The molecule has 0 aliphatic carbocycles. The van der Waals surface area contributed by atoms with E-state index in [0.29, 0.717) is 14.8 Å². The number of halogens is 1. The Morgan fingerprint density at radius 2 is 1.65 bits per heavy atom. The van der Waals surface area contributed by atoms with Crippen molar-refractivity contribution in [1.29, 1.82) is 0 Å². The van der Waals surface area contributed by atoms with Crippen LogP contribution in [0.3, 0.4) is 0 Å². The first-order valence-corrected chi connectivity index (χ1v) is 12.5. The molecule has 1 aliphatic rings. The van der Waals surface area contributed by atoms with Crippen LogP contribution in [0.5, 0.6) is 17.2 Å². The Hall–Kier alpha value is -4.86. The maximum absolute atomic E-state index is 13.3. The summed E-state index contributed by atoms with van der Waals surface area (Å²) in [5, 5.41) is 24.7. The highest BCUT2D eigenvalue weighted by Crippen LogP contribution is 2.41. The first kappa shape index (κ1) is 28.2. The van der Waals surface area contributed by atoms with E-state index in [1.54, 1.807) is 18.2 Å². The van der Waals surface area contributed by atoms with Crippen LogP contribution in [0.2, 0.25) is 0 Å². The van der Waals surface area contributed by atoms with E-state index in [4.69, 9.17) is 9.47 Å². The summed E-state index contributed by atoms with van der Waals surface area (Å²) in [6.07, 6.45) is 1.28. The minimum Gasteiger partial charge on any atom is -0.493 e. The molecule has 0 saturated carbocycles. The maximum atomic E-state index is 13.3. The molecule has 1 saturated heterocycles. The Balaban J connectivity index is 1.72. The number of nitro groups is 2. The van der Waals surface area contributed by atoms with Crippen molar-refractivity contribution in [2.24, 2.45) is 0 Å². The molecular weight excluding hydrogens is 639 g/mol. The molecule has 13 nitrogen and oxygen atoms in total. The number of anilines is 1. The molecule has 4 rings (SSSR count). The van der Waals surface area contributed by atoms with Gasteiger partial charge in [-0.05, 0) is 89.5 Å². The molecule has 0 aromatic heterocycles. The standard InChI is InChI=1S/C26H19IN4O9/c1-13-4-5-16(8-14(13)2)29-25(33)18(24(32)28-26(29)34)9-15-10-19(27)23(22(11-15)39-3)40-21-7-6-17(30(35)36)12-20(21)31(37)38/h4-12H,1-3H3,(H,28,32,34)/b18-9-. The number of carbonyl (C=O) groups excluding carboxylic acids is 3. The van der Waals surface area contributed by atoms with E-state index >= 15 is 0 Å². The van der Waals surface area contributed by atoms with Gasteiger partial charge in [0.1, 0.15) is 5.57 Å². The summed E-state index contributed by atoms with van der Waals surface area (Å²) >= 11 is 1.87. The summed E-state index contributed by atoms with van der Waals surface area (Å²) in [5.41, 5.74) is 1.03. The van der Waals surface area contributed by atoms with Crippen molar-refractivity contribution in [2.45, 2.75) is 13.8 Å². The Labute approximate surface area is 239 Å². The van der Waals surface area contributed by atoms with Crippen molar-refractivity contribution in [2.75, 3.05) is 12.0 Å². The maximum Gasteiger partial charge on any atom is 0.335 e. The van der Waals surface area contributed by atoms with Gasteiger partial charge in [-0.2, -0.15) is 0 Å². The van der Waals surface area contributed by atoms with Gasteiger partial charge in [0.15, 0.2) is 11.5 Å². The molecule has 0 atom stereocenters. The molecule has 0 bridgehead atoms. The Kier molecular flexibility index (Phi) is 7.81. The van der Waals surface area contributed by atoms with Crippen LogP contribution in [0.15, 0.2) is 54.1 Å². The van der Waals surface area contributed by atoms with E-state index in [0.717, 1.165) is 34.2 Å². The summed E-state index contributed by atoms with van der Waals surface area (Å²) in [5.74, 6) is -1.81. The number of urea groups is 1. The highest BCUT2D eigenvalue weighted by molar-refractivity contribution is 14.1. The van der Waals surface area contributed by atoms with Crippen molar-refractivity contribution in [3.63, 3.8) is 0 Å². The van der Waals surface area contributed by atoms with Crippen molar-refractivity contribution in [3.05, 3.63) is 94.6 Å². The lowest BCUT2D eigenvalue weighted by Crippen LogP contribution is -2.54. The number of ether oxygens (including phenoxy) is 2. The first-order valence-electron chi connectivity index (χ1n) is 11.4. The quantitative estimate of drug-likeness (QED) is 0.118. The number of non-ortho nitro benzene ring substituents is 1. The fraction of sp³-hybridized carbons (Fsp3) is 0.115. The molecule has 3 aromatic rings. The number of nitrogens with one attached hydrogen (secondary N) is 1. The van der Waals surface area contributed by atoms with Gasteiger partial charge in [0.2, 0.25) is 5.75 Å². The number of aryl methyl sites for hydroxylation is 2. The van der Waals surface area contributed by atoms with Crippen LogP contribution in [0.25, 0.3) is 6.08 Å². The van der Waals surface area contributed by atoms with E-state index in [-0.39, 0.29) is 22.8 Å². The van der Waals surface area contributed by atoms with Crippen LogP contribution >= 0.6 is 22.6 Å². The summed E-state index contributed by atoms with van der Waals surface area (Å²) in [6.45, 7) is 3.71. The molecule has 3 aromatic carbocycles. The number of nitrogens with zero attached hydrogens (tertiary/aromatic N) is 3. The summed E-state index contributed by atoms with van der Waals surface area (Å²) < 4.78 is 11.5. The third-order valence-corrected chi connectivity index (χ3v) is 6.78. The molecule has 0 radical (unpaired) electrons. The number of barbiturate groups is 1. The number of carbonyl (C=O) groups is 3. The molecule has 1 aliphatic heterocycles. The van der Waals surface area contributed by atoms with Crippen molar-refractivity contribution >= 4 is 63.6 Å². The second kappa shape index (κ2) is 11.1. The van der Waals surface area contributed by atoms with Gasteiger partial charge < -0.3 is 9.47 Å².